The summed E-state index contributed by atoms with van der Waals surface area (Å²) >= 11 is 0. The summed E-state index contributed by atoms with van der Waals surface area (Å²) in [7, 11) is 0. The topological polar surface area (TPSA) is 3.24 Å². The van der Waals surface area contributed by atoms with Crippen molar-refractivity contribution in [1.29, 1.82) is 0 Å². The zero-order valence-corrected chi connectivity index (χ0v) is 13.1. The molecule has 0 saturated carbocycles. The highest BCUT2D eigenvalue weighted by molar-refractivity contribution is 5.65. The molecule has 1 heteroatoms. The maximum atomic E-state index is 2.62. The molecule has 2 unspecified atom stereocenters. The molecule has 0 amide bonds. The van der Waals surface area contributed by atoms with Gasteiger partial charge >= 0.3 is 0 Å². The van der Waals surface area contributed by atoms with Crippen molar-refractivity contribution < 1.29 is 0 Å². The smallest absolute Gasteiger partial charge is 0.0407 e. The molecule has 0 aromatic heterocycles. The first-order valence-corrected chi connectivity index (χ1v) is 8.04. The summed E-state index contributed by atoms with van der Waals surface area (Å²) in [6.07, 6.45) is 1.26. The van der Waals surface area contributed by atoms with E-state index >= 15 is 0 Å². The molecule has 21 heavy (non-hydrogen) atoms. The summed E-state index contributed by atoms with van der Waals surface area (Å²) in [6, 6.07) is 18.5. The Bertz CT molecular complexity index is 690. The van der Waals surface area contributed by atoms with Gasteiger partial charge in [-0.2, -0.15) is 0 Å². The van der Waals surface area contributed by atoms with Crippen LogP contribution in [0.3, 0.4) is 0 Å². The fourth-order valence-electron chi connectivity index (χ4n) is 4.81. The minimum absolute atomic E-state index is 0.261. The first kappa shape index (κ1) is 12.9. The summed E-state index contributed by atoms with van der Waals surface area (Å²) in [5.41, 5.74) is 6.23. The summed E-state index contributed by atoms with van der Waals surface area (Å²) in [5.74, 6) is 0.586. The van der Waals surface area contributed by atoms with Crippen LogP contribution in [0.5, 0.6) is 0 Å². The highest BCUT2D eigenvalue weighted by Crippen LogP contribution is 2.56. The third-order valence-electron chi connectivity index (χ3n) is 5.88. The van der Waals surface area contributed by atoms with E-state index in [1.807, 2.05) is 0 Å². The van der Waals surface area contributed by atoms with Gasteiger partial charge in [0.1, 0.15) is 0 Å². The molecule has 2 bridgehead atoms. The summed E-state index contributed by atoms with van der Waals surface area (Å²) < 4.78 is 0. The van der Waals surface area contributed by atoms with Gasteiger partial charge in [-0.25, -0.2) is 0 Å². The van der Waals surface area contributed by atoms with Gasteiger partial charge in [-0.1, -0.05) is 49.4 Å². The molecule has 0 radical (unpaired) electrons. The first-order valence-electron chi connectivity index (χ1n) is 8.04. The molecule has 3 heterocycles. The summed E-state index contributed by atoms with van der Waals surface area (Å²) in [4.78, 5) is 2.62. The Labute approximate surface area is 127 Å². The van der Waals surface area contributed by atoms with Crippen LogP contribution in [0.2, 0.25) is 0 Å². The maximum absolute atomic E-state index is 2.62. The Kier molecular flexibility index (Phi) is 2.69. The SMILES string of the molecule is Cc1ccccc1C1[C@@H](C)N2CCC1(C)c1ccccc12. The monoisotopic (exact) mass is 277 g/mol. The van der Waals surface area contributed by atoms with Crippen molar-refractivity contribution in [3.63, 3.8) is 0 Å². The van der Waals surface area contributed by atoms with Gasteiger partial charge in [0.25, 0.3) is 0 Å². The van der Waals surface area contributed by atoms with Crippen LogP contribution in [0.25, 0.3) is 0 Å². The maximum Gasteiger partial charge on any atom is 0.0407 e. The molecular weight excluding hydrogens is 254 g/mol. The number of hydrogen-bond acceptors (Lipinski definition) is 1. The highest BCUT2D eigenvalue weighted by atomic mass is 15.2. The third kappa shape index (κ3) is 1.64. The van der Waals surface area contributed by atoms with Crippen LogP contribution >= 0.6 is 0 Å². The van der Waals surface area contributed by atoms with Gasteiger partial charge in [0.2, 0.25) is 0 Å². The number of fused-ring (bicyclic) bond motifs is 2. The number of para-hydroxylation sites is 1. The molecule has 108 valence electrons. The second kappa shape index (κ2) is 4.37. The zero-order chi connectivity index (χ0) is 14.6. The number of aryl methyl sites for hydroxylation is 1. The predicted molar refractivity (Wildman–Crippen MR) is 89.1 cm³/mol. The second-order valence-electron chi connectivity index (χ2n) is 6.95. The molecule has 5 rings (SSSR count). The van der Waals surface area contributed by atoms with E-state index in [9.17, 15) is 0 Å². The Morgan fingerprint density at radius 2 is 1.76 bits per heavy atom. The Hall–Kier alpha value is -1.76. The van der Waals surface area contributed by atoms with Crippen molar-refractivity contribution in [1.82, 2.24) is 0 Å². The van der Waals surface area contributed by atoms with Crippen LogP contribution in [0.15, 0.2) is 48.5 Å². The van der Waals surface area contributed by atoms with Crippen LogP contribution in [0.4, 0.5) is 5.69 Å². The second-order valence-corrected chi connectivity index (χ2v) is 6.95. The van der Waals surface area contributed by atoms with E-state index in [1.165, 1.54) is 29.8 Å². The van der Waals surface area contributed by atoms with E-state index in [-0.39, 0.29) is 5.41 Å². The Balaban J connectivity index is 1.94. The largest absolute Gasteiger partial charge is 0.368 e. The first-order chi connectivity index (χ1) is 10.1. The number of anilines is 1. The molecule has 2 aromatic carbocycles. The molecule has 3 aliphatic rings. The lowest BCUT2D eigenvalue weighted by Crippen LogP contribution is -2.57. The van der Waals surface area contributed by atoms with Crippen LogP contribution in [0.1, 0.15) is 42.9 Å². The Morgan fingerprint density at radius 3 is 2.57 bits per heavy atom. The van der Waals surface area contributed by atoms with Crippen molar-refractivity contribution in [3.8, 4) is 0 Å². The third-order valence-corrected chi connectivity index (χ3v) is 5.88. The van der Waals surface area contributed by atoms with Crippen molar-refractivity contribution in [2.45, 2.75) is 44.6 Å². The van der Waals surface area contributed by atoms with E-state index in [0.29, 0.717) is 12.0 Å². The quantitative estimate of drug-likeness (QED) is 0.733. The number of rotatable bonds is 1. The fourth-order valence-corrected chi connectivity index (χ4v) is 4.81. The number of piperidine rings is 1. The van der Waals surface area contributed by atoms with E-state index < -0.39 is 0 Å². The number of benzene rings is 2. The van der Waals surface area contributed by atoms with E-state index in [4.69, 9.17) is 0 Å². The summed E-state index contributed by atoms with van der Waals surface area (Å²) in [5, 5.41) is 0. The van der Waals surface area contributed by atoms with Gasteiger partial charge in [-0.3, -0.25) is 0 Å². The number of nitrogens with zero attached hydrogens (tertiary/aromatic N) is 1. The van der Waals surface area contributed by atoms with E-state index in [1.54, 1.807) is 5.56 Å². The molecular formula is C20H23N. The molecule has 0 N–H and O–H groups in total. The fraction of sp³-hybridized carbons (Fsp3) is 0.400. The van der Waals surface area contributed by atoms with Gasteiger partial charge in [0.15, 0.2) is 0 Å². The molecule has 1 nitrogen and oxygen atoms in total. The van der Waals surface area contributed by atoms with Crippen LogP contribution in [0, 0.1) is 6.92 Å². The molecule has 3 atom stereocenters. The molecule has 1 saturated heterocycles. The van der Waals surface area contributed by atoms with E-state index in [2.05, 4.69) is 74.2 Å². The average Bonchev–Trinajstić information content (AvgIpc) is 2.49. The lowest BCUT2D eigenvalue weighted by molar-refractivity contribution is 0.243. The highest BCUT2D eigenvalue weighted by Gasteiger charge is 2.51. The predicted octanol–water partition coefficient (Wildman–Crippen LogP) is 4.65. The lowest BCUT2D eigenvalue weighted by atomic mass is 9.58. The minimum Gasteiger partial charge on any atom is -0.368 e. The van der Waals surface area contributed by atoms with Gasteiger partial charge in [-0.15, -0.1) is 0 Å². The van der Waals surface area contributed by atoms with E-state index in [0.717, 1.165) is 0 Å². The lowest BCUT2D eigenvalue weighted by Gasteiger charge is -2.58. The molecule has 3 aliphatic heterocycles. The average molecular weight is 277 g/mol. The normalized spacial score (nSPS) is 30.3. The molecule has 2 aromatic rings. The van der Waals surface area contributed by atoms with Crippen molar-refractivity contribution in [2.75, 3.05) is 11.4 Å². The molecule has 1 fully saturated rings. The van der Waals surface area contributed by atoms with Gasteiger partial charge in [0, 0.05) is 29.6 Å². The van der Waals surface area contributed by atoms with Crippen molar-refractivity contribution in [2.24, 2.45) is 0 Å². The van der Waals surface area contributed by atoms with Gasteiger partial charge in [-0.05, 0) is 43.0 Å². The van der Waals surface area contributed by atoms with Gasteiger partial charge < -0.3 is 4.90 Å². The molecule has 0 aliphatic carbocycles. The standard InChI is InChI=1S/C20H23N/c1-14-8-4-5-9-16(14)19-15(2)21-13-12-20(19,3)17-10-6-7-11-18(17)21/h4-11,15,19H,12-13H2,1-3H3/t15-,19?,20?/m1/s1. The zero-order valence-electron chi connectivity index (χ0n) is 13.1. The van der Waals surface area contributed by atoms with Gasteiger partial charge in [0.05, 0.1) is 0 Å². The molecule has 0 spiro atoms. The number of hydrogen-bond donors (Lipinski definition) is 0. The van der Waals surface area contributed by atoms with Crippen molar-refractivity contribution in [3.05, 3.63) is 65.2 Å². The van der Waals surface area contributed by atoms with Crippen LogP contribution < -0.4 is 4.90 Å². The van der Waals surface area contributed by atoms with Crippen LogP contribution in [-0.4, -0.2) is 12.6 Å². The van der Waals surface area contributed by atoms with Crippen molar-refractivity contribution >= 4 is 5.69 Å². The van der Waals surface area contributed by atoms with Crippen LogP contribution in [-0.2, 0) is 5.41 Å². The minimum atomic E-state index is 0.261. The Morgan fingerprint density at radius 1 is 1.05 bits per heavy atom. The summed E-state index contributed by atoms with van der Waals surface area (Å²) in [6.45, 7) is 8.34.